The van der Waals surface area contributed by atoms with Gasteiger partial charge in [-0.05, 0) is 30.3 Å². The standard InChI is InChI=1S/C14H11ClF2N2O2/c15-10-3-1-8(5-13(10)18)19-14(20)7-21-9-2-4-11(16)12(17)6-9/h1-6H,7,18H2,(H,19,20). The van der Waals surface area contributed by atoms with E-state index in [2.05, 4.69) is 5.32 Å². The highest BCUT2D eigenvalue weighted by Gasteiger charge is 2.07. The van der Waals surface area contributed by atoms with Crippen LogP contribution in [0.3, 0.4) is 0 Å². The number of nitrogens with one attached hydrogen (secondary N) is 1. The molecule has 2 rings (SSSR count). The van der Waals surface area contributed by atoms with E-state index in [-0.39, 0.29) is 12.4 Å². The Morgan fingerprint density at radius 1 is 1.19 bits per heavy atom. The zero-order valence-electron chi connectivity index (χ0n) is 10.7. The van der Waals surface area contributed by atoms with Crippen molar-refractivity contribution in [2.24, 2.45) is 0 Å². The number of hydrogen-bond acceptors (Lipinski definition) is 3. The molecule has 0 saturated carbocycles. The van der Waals surface area contributed by atoms with Crippen LogP contribution in [0.2, 0.25) is 5.02 Å². The molecule has 21 heavy (non-hydrogen) atoms. The van der Waals surface area contributed by atoms with E-state index in [1.54, 1.807) is 12.1 Å². The van der Waals surface area contributed by atoms with Crippen LogP contribution in [-0.4, -0.2) is 12.5 Å². The van der Waals surface area contributed by atoms with Crippen molar-refractivity contribution in [2.75, 3.05) is 17.7 Å². The van der Waals surface area contributed by atoms with Gasteiger partial charge < -0.3 is 15.8 Å². The molecule has 0 saturated heterocycles. The van der Waals surface area contributed by atoms with Crippen LogP contribution in [0.5, 0.6) is 5.75 Å². The van der Waals surface area contributed by atoms with Crippen LogP contribution in [0.1, 0.15) is 0 Å². The third-order valence-electron chi connectivity index (χ3n) is 2.54. The zero-order valence-corrected chi connectivity index (χ0v) is 11.5. The number of benzene rings is 2. The van der Waals surface area contributed by atoms with Gasteiger partial charge in [-0.25, -0.2) is 8.78 Å². The van der Waals surface area contributed by atoms with Crippen molar-refractivity contribution in [3.05, 3.63) is 53.1 Å². The highest BCUT2D eigenvalue weighted by atomic mass is 35.5. The maximum absolute atomic E-state index is 13.0. The SMILES string of the molecule is Nc1cc(NC(=O)COc2ccc(F)c(F)c2)ccc1Cl. The molecule has 0 aliphatic rings. The Hall–Kier alpha value is -2.34. The number of halogens is 3. The van der Waals surface area contributed by atoms with E-state index >= 15 is 0 Å². The fourth-order valence-corrected chi connectivity index (χ4v) is 1.65. The Morgan fingerprint density at radius 2 is 1.95 bits per heavy atom. The third-order valence-corrected chi connectivity index (χ3v) is 2.88. The molecule has 0 heterocycles. The summed E-state index contributed by atoms with van der Waals surface area (Å²) in [4.78, 5) is 11.7. The quantitative estimate of drug-likeness (QED) is 0.852. The molecule has 2 aromatic carbocycles. The van der Waals surface area contributed by atoms with E-state index < -0.39 is 17.5 Å². The van der Waals surface area contributed by atoms with Gasteiger partial charge in [-0.15, -0.1) is 0 Å². The fourth-order valence-electron chi connectivity index (χ4n) is 1.53. The lowest BCUT2D eigenvalue weighted by Gasteiger charge is -2.08. The molecular weight excluding hydrogens is 302 g/mol. The molecule has 0 spiro atoms. The molecule has 0 atom stereocenters. The number of nitrogens with two attached hydrogens (primary N) is 1. The van der Waals surface area contributed by atoms with Crippen LogP contribution < -0.4 is 15.8 Å². The van der Waals surface area contributed by atoms with E-state index in [1.807, 2.05) is 0 Å². The Kier molecular flexibility index (Phi) is 4.59. The number of amides is 1. The zero-order chi connectivity index (χ0) is 15.4. The molecule has 0 radical (unpaired) electrons. The maximum atomic E-state index is 13.0. The molecule has 2 aromatic rings. The predicted octanol–water partition coefficient (Wildman–Crippen LogP) is 3.22. The predicted molar refractivity (Wildman–Crippen MR) is 76.3 cm³/mol. The molecule has 0 aliphatic heterocycles. The second kappa shape index (κ2) is 6.41. The van der Waals surface area contributed by atoms with Gasteiger partial charge in [0.2, 0.25) is 0 Å². The lowest BCUT2D eigenvalue weighted by molar-refractivity contribution is -0.118. The lowest BCUT2D eigenvalue weighted by Crippen LogP contribution is -2.20. The first-order valence-electron chi connectivity index (χ1n) is 5.88. The monoisotopic (exact) mass is 312 g/mol. The van der Waals surface area contributed by atoms with E-state index in [4.69, 9.17) is 22.1 Å². The number of carbonyl (C=O) groups excluding carboxylic acids is 1. The molecule has 3 N–H and O–H groups in total. The molecule has 0 bridgehead atoms. The first kappa shape index (κ1) is 15.1. The van der Waals surface area contributed by atoms with Crippen LogP contribution in [0.25, 0.3) is 0 Å². The number of hydrogen-bond donors (Lipinski definition) is 2. The molecular formula is C14H11ClF2N2O2. The van der Waals surface area contributed by atoms with Gasteiger partial charge in [0.1, 0.15) is 5.75 Å². The first-order valence-corrected chi connectivity index (χ1v) is 6.26. The third kappa shape index (κ3) is 4.06. The highest BCUT2D eigenvalue weighted by Crippen LogP contribution is 2.22. The molecule has 4 nitrogen and oxygen atoms in total. The van der Waals surface area contributed by atoms with Crippen molar-refractivity contribution < 1.29 is 18.3 Å². The van der Waals surface area contributed by atoms with Crippen molar-refractivity contribution in [1.82, 2.24) is 0 Å². The van der Waals surface area contributed by atoms with Gasteiger partial charge in [0, 0.05) is 11.8 Å². The van der Waals surface area contributed by atoms with Crippen molar-refractivity contribution in [2.45, 2.75) is 0 Å². The molecule has 0 aliphatic carbocycles. The summed E-state index contributed by atoms with van der Waals surface area (Å²) in [6, 6.07) is 7.63. The van der Waals surface area contributed by atoms with Gasteiger partial charge in [0.25, 0.3) is 5.91 Å². The smallest absolute Gasteiger partial charge is 0.262 e. The average Bonchev–Trinajstić information content (AvgIpc) is 2.44. The number of ether oxygens (including phenoxy) is 1. The number of nitrogen functional groups attached to an aromatic ring is 1. The van der Waals surface area contributed by atoms with Gasteiger partial charge in [-0.1, -0.05) is 11.6 Å². The number of rotatable bonds is 4. The average molecular weight is 313 g/mol. The van der Waals surface area contributed by atoms with Crippen molar-refractivity contribution >= 4 is 28.9 Å². The van der Waals surface area contributed by atoms with Crippen LogP contribution in [0.15, 0.2) is 36.4 Å². The molecule has 0 fully saturated rings. The Labute approximate surface area is 124 Å². The van der Waals surface area contributed by atoms with Gasteiger partial charge in [-0.2, -0.15) is 0 Å². The van der Waals surface area contributed by atoms with Crippen molar-refractivity contribution in [3.63, 3.8) is 0 Å². The van der Waals surface area contributed by atoms with Crippen LogP contribution in [0, 0.1) is 11.6 Å². The largest absolute Gasteiger partial charge is 0.484 e. The Morgan fingerprint density at radius 3 is 2.62 bits per heavy atom. The minimum absolute atomic E-state index is 0.0553. The van der Waals surface area contributed by atoms with Gasteiger partial charge in [-0.3, -0.25) is 4.79 Å². The van der Waals surface area contributed by atoms with Gasteiger partial charge in [0.05, 0.1) is 10.7 Å². The summed E-state index contributed by atoms with van der Waals surface area (Å²) in [5, 5.41) is 2.92. The van der Waals surface area contributed by atoms with Gasteiger partial charge in [0.15, 0.2) is 18.2 Å². The van der Waals surface area contributed by atoms with Crippen molar-refractivity contribution in [1.29, 1.82) is 0 Å². The molecule has 110 valence electrons. The summed E-state index contributed by atoms with van der Waals surface area (Å²) in [6.07, 6.45) is 0. The minimum atomic E-state index is -1.04. The highest BCUT2D eigenvalue weighted by molar-refractivity contribution is 6.33. The lowest BCUT2D eigenvalue weighted by atomic mass is 10.3. The van der Waals surface area contributed by atoms with Crippen LogP contribution in [0.4, 0.5) is 20.2 Å². The summed E-state index contributed by atoms with van der Waals surface area (Å²) in [6.45, 7) is -0.354. The summed E-state index contributed by atoms with van der Waals surface area (Å²) in [5.41, 5.74) is 6.38. The van der Waals surface area contributed by atoms with Crippen molar-refractivity contribution in [3.8, 4) is 5.75 Å². The van der Waals surface area contributed by atoms with Crippen LogP contribution >= 0.6 is 11.6 Å². The number of anilines is 2. The minimum Gasteiger partial charge on any atom is -0.484 e. The molecule has 7 heteroatoms. The second-order valence-corrected chi connectivity index (χ2v) is 4.56. The van der Waals surface area contributed by atoms with E-state index in [1.165, 1.54) is 12.1 Å². The van der Waals surface area contributed by atoms with Gasteiger partial charge >= 0.3 is 0 Å². The topological polar surface area (TPSA) is 64.3 Å². The number of carbonyl (C=O) groups is 1. The Bertz CT molecular complexity index is 680. The molecule has 0 unspecified atom stereocenters. The Balaban J connectivity index is 1.92. The first-order chi connectivity index (χ1) is 9.95. The summed E-state index contributed by atoms with van der Waals surface area (Å²) < 4.78 is 30.7. The molecule has 1 amide bonds. The molecule has 0 aromatic heterocycles. The van der Waals surface area contributed by atoms with E-state index in [0.717, 1.165) is 12.1 Å². The maximum Gasteiger partial charge on any atom is 0.262 e. The van der Waals surface area contributed by atoms with Crippen LogP contribution in [-0.2, 0) is 4.79 Å². The normalized spacial score (nSPS) is 10.2. The van der Waals surface area contributed by atoms with E-state index in [0.29, 0.717) is 16.4 Å². The second-order valence-electron chi connectivity index (χ2n) is 4.15. The summed E-state index contributed by atoms with van der Waals surface area (Å²) in [5.74, 6) is -2.44. The fraction of sp³-hybridized carbons (Fsp3) is 0.0714. The summed E-state index contributed by atoms with van der Waals surface area (Å²) >= 11 is 5.76. The van der Waals surface area contributed by atoms with E-state index in [9.17, 15) is 13.6 Å². The summed E-state index contributed by atoms with van der Waals surface area (Å²) in [7, 11) is 0.